The normalized spacial score (nSPS) is 25.4. The minimum Gasteiger partial charge on any atom is -0.351 e. The molecule has 2 fully saturated rings. The van der Waals surface area contributed by atoms with Crippen LogP contribution in [0.4, 0.5) is 0 Å². The number of carbonyl (C=O) groups is 1. The molecule has 5 heteroatoms. The van der Waals surface area contributed by atoms with Crippen molar-refractivity contribution in [3.8, 4) is 0 Å². The topological polar surface area (TPSA) is 46.9 Å². The second-order valence-corrected chi connectivity index (χ2v) is 8.14. The van der Waals surface area contributed by atoms with Gasteiger partial charge >= 0.3 is 0 Å². The van der Waals surface area contributed by atoms with E-state index in [9.17, 15) is 4.79 Å². The summed E-state index contributed by atoms with van der Waals surface area (Å²) in [6.45, 7) is 2.05. The van der Waals surface area contributed by atoms with Crippen molar-refractivity contribution in [1.82, 2.24) is 14.9 Å². The third-order valence-corrected chi connectivity index (χ3v) is 6.41. The van der Waals surface area contributed by atoms with E-state index in [1.807, 2.05) is 0 Å². The zero-order chi connectivity index (χ0) is 16.5. The molecule has 1 atom stereocenters. The molecule has 2 aliphatic rings. The average Bonchev–Trinajstić information content (AvgIpc) is 3.12. The highest BCUT2D eigenvalue weighted by Gasteiger charge is 2.29. The van der Waals surface area contributed by atoms with E-state index in [4.69, 9.17) is 4.98 Å². The molecule has 0 saturated heterocycles. The van der Waals surface area contributed by atoms with Gasteiger partial charge in [-0.3, -0.25) is 4.79 Å². The van der Waals surface area contributed by atoms with Gasteiger partial charge in [-0.05, 0) is 57.6 Å². The highest BCUT2D eigenvalue weighted by Crippen LogP contribution is 2.42. The van der Waals surface area contributed by atoms with Crippen LogP contribution in [0.1, 0.15) is 74.2 Å². The first-order chi connectivity index (χ1) is 11.7. The average molecular weight is 343 g/mol. The van der Waals surface area contributed by atoms with Crippen molar-refractivity contribution in [2.45, 2.75) is 63.5 Å². The van der Waals surface area contributed by atoms with E-state index in [1.165, 1.54) is 17.8 Å². The predicted molar refractivity (Wildman–Crippen MR) is 96.1 cm³/mol. The van der Waals surface area contributed by atoms with Gasteiger partial charge in [0.25, 0.3) is 0 Å². The zero-order valence-electron chi connectivity index (χ0n) is 14.1. The molecule has 0 bridgehead atoms. The Bertz CT molecular complexity index is 681. The largest absolute Gasteiger partial charge is 0.351 e. The van der Waals surface area contributed by atoms with Crippen molar-refractivity contribution in [2.24, 2.45) is 5.92 Å². The maximum atomic E-state index is 12.6. The quantitative estimate of drug-likeness (QED) is 0.873. The predicted octanol–water partition coefficient (Wildman–Crippen LogP) is 4.43. The van der Waals surface area contributed by atoms with Gasteiger partial charge < -0.3 is 9.88 Å². The van der Waals surface area contributed by atoms with E-state index in [0.29, 0.717) is 12.0 Å². The second kappa shape index (κ2) is 6.71. The molecule has 2 aliphatic carbocycles. The van der Waals surface area contributed by atoms with Crippen molar-refractivity contribution >= 4 is 17.2 Å². The number of aromatic nitrogens is 2. The van der Waals surface area contributed by atoms with E-state index in [-0.39, 0.29) is 17.9 Å². The standard InChI is InChI=1S/C19H25N3OS/c1-13(17-12-24-19(21-17)15-4-5-15)20-18(23)14-6-8-16(9-7-14)22-10-2-3-11-22/h2-3,10-16H,4-9H2,1H3,(H,20,23)/t13-,14?,16?/m1/s1. The Morgan fingerprint density at radius 1 is 1.21 bits per heavy atom. The molecule has 1 amide bonds. The van der Waals surface area contributed by atoms with Crippen LogP contribution in [0.2, 0.25) is 0 Å². The van der Waals surface area contributed by atoms with Crippen LogP contribution in [0, 0.1) is 5.92 Å². The van der Waals surface area contributed by atoms with Gasteiger partial charge in [0.2, 0.25) is 5.91 Å². The van der Waals surface area contributed by atoms with E-state index >= 15 is 0 Å². The molecule has 0 spiro atoms. The number of nitrogens with one attached hydrogen (secondary N) is 1. The summed E-state index contributed by atoms with van der Waals surface area (Å²) >= 11 is 1.74. The van der Waals surface area contributed by atoms with Gasteiger partial charge in [-0.15, -0.1) is 11.3 Å². The molecule has 2 aromatic rings. The fourth-order valence-electron chi connectivity index (χ4n) is 3.65. The van der Waals surface area contributed by atoms with Crippen molar-refractivity contribution in [3.05, 3.63) is 40.6 Å². The van der Waals surface area contributed by atoms with Crippen molar-refractivity contribution in [1.29, 1.82) is 0 Å². The summed E-state index contributed by atoms with van der Waals surface area (Å²) in [4.78, 5) is 17.3. The van der Waals surface area contributed by atoms with Gasteiger partial charge in [-0.1, -0.05) is 0 Å². The lowest BCUT2D eigenvalue weighted by Crippen LogP contribution is -2.35. The molecule has 0 unspecified atom stereocenters. The Balaban J connectivity index is 1.29. The Labute approximate surface area is 147 Å². The Morgan fingerprint density at radius 3 is 2.58 bits per heavy atom. The van der Waals surface area contributed by atoms with Crippen LogP contribution in [0.15, 0.2) is 29.9 Å². The summed E-state index contributed by atoms with van der Waals surface area (Å²) in [7, 11) is 0. The lowest BCUT2D eigenvalue weighted by molar-refractivity contribution is -0.126. The first kappa shape index (κ1) is 15.9. The molecule has 128 valence electrons. The van der Waals surface area contributed by atoms with Gasteiger partial charge in [0.1, 0.15) is 0 Å². The van der Waals surface area contributed by atoms with Crippen LogP contribution >= 0.6 is 11.3 Å². The van der Waals surface area contributed by atoms with Crippen molar-refractivity contribution in [3.63, 3.8) is 0 Å². The number of thiazole rings is 1. The third kappa shape index (κ3) is 3.41. The summed E-state index contributed by atoms with van der Waals surface area (Å²) in [6, 6.07) is 4.72. The summed E-state index contributed by atoms with van der Waals surface area (Å²) in [5.41, 5.74) is 1.02. The maximum absolute atomic E-state index is 12.6. The fraction of sp³-hybridized carbons (Fsp3) is 0.579. The van der Waals surface area contributed by atoms with E-state index < -0.39 is 0 Å². The Morgan fingerprint density at radius 2 is 1.92 bits per heavy atom. The highest BCUT2D eigenvalue weighted by atomic mass is 32.1. The van der Waals surface area contributed by atoms with Gasteiger partial charge in [-0.2, -0.15) is 0 Å². The number of nitrogens with zero attached hydrogens (tertiary/aromatic N) is 2. The number of hydrogen-bond donors (Lipinski definition) is 1. The number of amides is 1. The smallest absolute Gasteiger partial charge is 0.223 e. The van der Waals surface area contributed by atoms with Crippen molar-refractivity contribution in [2.75, 3.05) is 0 Å². The molecular formula is C19H25N3OS. The van der Waals surface area contributed by atoms with Crippen LogP contribution in [0.3, 0.4) is 0 Å². The first-order valence-corrected chi connectivity index (χ1v) is 9.97. The summed E-state index contributed by atoms with van der Waals surface area (Å²) in [5.74, 6) is 1.05. The van der Waals surface area contributed by atoms with E-state index in [0.717, 1.165) is 31.4 Å². The zero-order valence-corrected chi connectivity index (χ0v) is 15.0. The molecule has 0 aliphatic heterocycles. The van der Waals surface area contributed by atoms with Gasteiger partial charge in [0.15, 0.2) is 0 Å². The first-order valence-electron chi connectivity index (χ1n) is 9.09. The van der Waals surface area contributed by atoms with Crippen LogP contribution in [-0.2, 0) is 4.79 Å². The molecule has 0 radical (unpaired) electrons. The molecular weight excluding hydrogens is 318 g/mol. The molecule has 1 N–H and O–H groups in total. The maximum Gasteiger partial charge on any atom is 0.223 e. The molecule has 2 aromatic heterocycles. The number of carbonyl (C=O) groups excluding carboxylic acids is 1. The number of rotatable bonds is 5. The van der Waals surface area contributed by atoms with Crippen molar-refractivity contribution < 1.29 is 4.79 Å². The van der Waals surface area contributed by atoms with Crippen LogP contribution in [0.5, 0.6) is 0 Å². The summed E-state index contributed by atoms with van der Waals surface area (Å²) < 4.78 is 2.28. The van der Waals surface area contributed by atoms with Crippen LogP contribution in [0.25, 0.3) is 0 Å². The molecule has 2 heterocycles. The molecule has 4 rings (SSSR count). The summed E-state index contributed by atoms with van der Waals surface area (Å²) in [5, 5.41) is 6.55. The summed E-state index contributed by atoms with van der Waals surface area (Å²) in [6.07, 6.45) is 10.9. The van der Waals surface area contributed by atoms with E-state index in [1.54, 1.807) is 11.3 Å². The third-order valence-electron chi connectivity index (χ3n) is 5.39. The fourth-order valence-corrected chi connectivity index (χ4v) is 4.73. The van der Waals surface area contributed by atoms with Gasteiger partial charge in [-0.25, -0.2) is 4.98 Å². The second-order valence-electron chi connectivity index (χ2n) is 7.25. The molecule has 4 nitrogen and oxygen atoms in total. The van der Waals surface area contributed by atoms with E-state index in [2.05, 4.69) is 46.7 Å². The monoisotopic (exact) mass is 343 g/mol. The SMILES string of the molecule is C[C@@H](NC(=O)C1CCC(n2cccc2)CC1)c1csc(C2CC2)n1. The van der Waals surface area contributed by atoms with Gasteiger partial charge in [0.05, 0.1) is 16.7 Å². The molecule has 24 heavy (non-hydrogen) atoms. The number of hydrogen-bond acceptors (Lipinski definition) is 3. The minimum absolute atomic E-state index is 0.0171. The van der Waals surface area contributed by atoms with Gasteiger partial charge in [0, 0.05) is 35.7 Å². The molecule has 2 saturated carbocycles. The highest BCUT2D eigenvalue weighted by molar-refractivity contribution is 7.09. The Kier molecular flexibility index (Phi) is 4.44. The van der Waals surface area contributed by atoms with Crippen LogP contribution in [-0.4, -0.2) is 15.5 Å². The van der Waals surface area contributed by atoms with Crippen LogP contribution < -0.4 is 5.32 Å². The lowest BCUT2D eigenvalue weighted by Gasteiger charge is -2.29. The lowest BCUT2D eigenvalue weighted by atomic mass is 9.85. The minimum atomic E-state index is 0.0171. The molecule has 0 aromatic carbocycles. The Hall–Kier alpha value is -1.62.